The molecule has 0 fully saturated rings. The first-order valence-corrected chi connectivity index (χ1v) is 29.2. The minimum absolute atomic E-state index is 0.0796. The summed E-state index contributed by atoms with van der Waals surface area (Å²) < 4.78 is 13.8. The van der Waals surface area contributed by atoms with Gasteiger partial charge in [-0.15, -0.1) is 0 Å². The fraction of sp³-hybridized carbons (Fsp3) is 0.139. The van der Waals surface area contributed by atoms with Crippen molar-refractivity contribution >= 4 is 66.8 Å². The van der Waals surface area contributed by atoms with Gasteiger partial charge >= 0.3 is 0 Å². The Bertz CT molecular complexity index is 4790. The van der Waals surface area contributed by atoms with Crippen LogP contribution in [0.15, 0.2) is 251 Å². The molecule has 4 heteroatoms. The largest absolute Gasteiger partial charge is 0.455 e. The summed E-state index contributed by atoms with van der Waals surface area (Å²) in [4.78, 5) is 2.50. The van der Waals surface area contributed by atoms with E-state index in [0.29, 0.717) is 0 Å². The van der Waals surface area contributed by atoms with Crippen LogP contribution < -0.4 is 10.6 Å². The lowest BCUT2D eigenvalue weighted by molar-refractivity contribution is 0.479. The van der Waals surface area contributed by atoms with Crippen LogP contribution in [-0.2, 0) is 10.8 Å². The zero-order valence-electron chi connectivity index (χ0n) is 47.9. The van der Waals surface area contributed by atoms with Crippen molar-refractivity contribution in [2.75, 3.05) is 10.6 Å². The Labute approximate surface area is 485 Å². The third-order valence-corrected chi connectivity index (χ3v) is 18.1. The van der Waals surface area contributed by atoms with E-state index >= 15 is 0 Å². The van der Waals surface area contributed by atoms with Gasteiger partial charge in [0.15, 0.2) is 5.58 Å². The predicted octanol–water partition coefficient (Wildman–Crippen LogP) is 21.7. The molecule has 2 heterocycles. The summed E-state index contributed by atoms with van der Waals surface area (Å²) in [5, 5.41) is 5.95. The zero-order valence-corrected chi connectivity index (χ0v) is 47.9. The normalized spacial score (nSPS) is 15.5. The lowest BCUT2D eigenvalue weighted by Crippen LogP contribution is -2.27. The van der Waals surface area contributed by atoms with E-state index in [2.05, 4.69) is 253 Å². The standard InChI is InChI=1S/C69H49NO2.C10H15N/c1-5-6-17-52-49-20-10-13-28-62(49)71-66(52)41-30-36-47-48-37-35-44(70(43-33-31-42(32-34-43)68(2,3)4)61-27-16-24-53-50-21-11-14-29-63(50)72-67(53)61)39-59(48)69(58(47)38-41)57-26-12-9-22-54(57)65-55-25-15-23-51-45-18-7-8-19-46(45)56(64(51)55)40-60(65)69;1-10(2,3)8-4-6-9(11)7-5-8/h5-31,33,35-40H,1,32,34H2,2-4H3;4-7H,11H2,1-3H3/b17-6-;. The molecule has 12 aromatic rings. The fourth-order valence-corrected chi connectivity index (χ4v) is 14.2. The third-order valence-electron chi connectivity index (χ3n) is 18.1. The first-order valence-electron chi connectivity index (χ1n) is 29.2. The van der Waals surface area contributed by atoms with Gasteiger partial charge < -0.3 is 19.5 Å². The minimum Gasteiger partial charge on any atom is -0.455 e. The molecule has 16 rings (SSSR count). The van der Waals surface area contributed by atoms with E-state index in [0.717, 1.165) is 79.7 Å². The highest BCUT2D eigenvalue weighted by atomic mass is 16.3. The van der Waals surface area contributed by atoms with Crippen molar-refractivity contribution < 1.29 is 8.83 Å². The van der Waals surface area contributed by atoms with Crippen LogP contribution in [0.3, 0.4) is 0 Å². The molecule has 4 nitrogen and oxygen atoms in total. The van der Waals surface area contributed by atoms with Crippen molar-refractivity contribution in [2.45, 2.75) is 65.2 Å². The average molecular weight is 1070 g/mol. The van der Waals surface area contributed by atoms with Crippen LogP contribution >= 0.6 is 0 Å². The molecule has 2 N–H and O–H groups in total. The summed E-state index contributed by atoms with van der Waals surface area (Å²) in [5.74, 6) is 0.850. The van der Waals surface area contributed by atoms with Crippen LogP contribution in [0.5, 0.6) is 0 Å². The number of fused-ring (bicyclic) bond motifs is 18. The number of hydrogen-bond acceptors (Lipinski definition) is 4. The molecule has 0 amide bonds. The van der Waals surface area contributed by atoms with Crippen molar-refractivity contribution in [1.29, 1.82) is 0 Å². The first kappa shape index (κ1) is 50.3. The second-order valence-electron chi connectivity index (χ2n) is 24.9. The number of para-hydroxylation sites is 3. The summed E-state index contributed by atoms with van der Waals surface area (Å²) in [6, 6.07) is 73.5. The van der Waals surface area contributed by atoms with Gasteiger partial charge in [-0.05, 0) is 167 Å². The summed E-state index contributed by atoms with van der Waals surface area (Å²) >= 11 is 0. The molecule has 10 aromatic carbocycles. The summed E-state index contributed by atoms with van der Waals surface area (Å²) in [7, 11) is 0. The molecule has 83 heavy (non-hydrogen) atoms. The van der Waals surface area contributed by atoms with E-state index in [1.165, 1.54) is 94.4 Å². The Morgan fingerprint density at radius 3 is 1.88 bits per heavy atom. The highest BCUT2D eigenvalue weighted by Gasteiger charge is 2.53. The van der Waals surface area contributed by atoms with E-state index < -0.39 is 5.41 Å². The number of anilines is 3. The summed E-state index contributed by atoms with van der Waals surface area (Å²) in [6.07, 6.45) is 12.6. The molecule has 2 aromatic heterocycles. The topological polar surface area (TPSA) is 55.5 Å². The van der Waals surface area contributed by atoms with Crippen molar-refractivity contribution in [3.05, 3.63) is 276 Å². The molecule has 0 saturated carbocycles. The van der Waals surface area contributed by atoms with Gasteiger partial charge in [0, 0.05) is 44.4 Å². The number of nitrogens with zero attached hydrogens (tertiary/aromatic N) is 1. The van der Waals surface area contributed by atoms with Crippen LogP contribution in [-0.4, -0.2) is 0 Å². The SMILES string of the molecule is C=C/C=C\c1c(-c2ccc3c(c2)C2(c4cc(N(C5=CC=C(C(C)(C)C)CC5)c5cccc6c5oc5ccccc56)ccc4-3)c3ccccc3-c3c2cc2c4c(cccc34)-c3ccccc3-2)oc2ccccc12.CC(C)(C)c1ccc(N)cc1. The fourth-order valence-electron chi connectivity index (χ4n) is 14.2. The van der Waals surface area contributed by atoms with Crippen LogP contribution in [0, 0.1) is 5.41 Å². The van der Waals surface area contributed by atoms with E-state index in [1.807, 2.05) is 30.4 Å². The van der Waals surface area contributed by atoms with Crippen molar-refractivity contribution in [3.63, 3.8) is 0 Å². The summed E-state index contributed by atoms with van der Waals surface area (Å²) in [5.41, 5.74) is 32.3. The molecule has 1 unspecified atom stereocenters. The quantitative estimate of drug-likeness (QED) is 0.133. The van der Waals surface area contributed by atoms with Crippen molar-refractivity contribution in [1.82, 2.24) is 0 Å². The molecule has 1 atom stereocenters. The molecule has 402 valence electrons. The van der Waals surface area contributed by atoms with Gasteiger partial charge in [0.2, 0.25) is 0 Å². The predicted molar refractivity (Wildman–Crippen MR) is 349 cm³/mol. The Morgan fingerprint density at radius 1 is 0.506 bits per heavy atom. The maximum absolute atomic E-state index is 6.89. The Hall–Kier alpha value is -9.64. The second kappa shape index (κ2) is 18.7. The molecule has 1 spiro atoms. The average Bonchev–Trinajstić information content (AvgIpc) is 1.59. The zero-order chi connectivity index (χ0) is 56.5. The lowest BCUT2D eigenvalue weighted by atomic mass is 9.69. The molecular formula is C79H64N2O2. The van der Waals surface area contributed by atoms with Crippen molar-refractivity contribution in [3.8, 4) is 55.8 Å². The number of allylic oxidation sites excluding steroid dienone is 6. The lowest BCUT2D eigenvalue weighted by Gasteiger charge is -2.34. The summed E-state index contributed by atoms with van der Waals surface area (Å²) in [6.45, 7) is 17.6. The number of nitrogens with two attached hydrogens (primary N) is 1. The Kier molecular flexibility index (Phi) is 11.3. The maximum Gasteiger partial charge on any atom is 0.159 e. The van der Waals surface area contributed by atoms with Gasteiger partial charge in [0.25, 0.3) is 0 Å². The minimum atomic E-state index is -0.693. The molecule has 0 bridgehead atoms. The third kappa shape index (κ3) is 7.65. The second-order valence-corrected chi connectivity index (χ2v) is 24.9. The van der Waals surface area contributed by atoms with Crippen LogP contribution in [0.2, 0.25) is 0 Å². The van der Waals surface area contributed by atoms with E-state index in [4.69, 9.17) is 14.6 Å². The molecule has 4 aliphatic carbocycles. The molecular weight excluding hydrogens is 1010 g/mol. The smallest absolute Gasteiger partial charge is 0.159 e. The Balaban J connectivity index is 0.000000483. The number of rotatable bonds is 6. The van der Waals surface area contributed by atoms with E-state index in [-0.39, 0.29) is 10.8 Å². The Morgan fingerprint density at radius 2 is 1.14 bits per heavy atom. The van der Waals surface area contributed by atoms with E-state index in [9.17, 15) is 0 Å². The first-order chi connectivity index (χ1) is 40.3. The van der Waals surface area contributed by atoms with E-state index in [1.54, 1.807) is 0 Å². The highest BCUT2D eigenvalue weighted by Crippen LogP contribution is 2.67. The number of benzene rings is 10. The molecule has 0 radical (unpaired) electrons. The molecule has 0 aliphatic heterocycles. The van der Waals surface area contributed by atoms with Gasteiger partial charge in [-0.3, -0.25) is 0 Å². The monoisotopic (exact) mass is 1070 g/mol. The van der Waals surface area contributed by atoms with Crippen molar-refractivity contribution in [2.24, 2.45) is 5.41 Å². The molecule has 4 aliphatic rings. The van der Waals surface area contributed by atoms with Gasteiger partial charge in [-0.2, -0.15) is 0 Å². The van der Waals surface area contributed by atoms with Gasteiger partial charge in [0.05, 0.1) is 11.1 Å². The molecule has 0 saturated heterocycles. The van der Waals surface area contributed by atoms with Crippen LogP contribution in [0.4, 0.5) is 17.1 Å². The van der Waals surface area contributed by atoms with Gasteiger partial charge in [0.1, 0.15) is 16.9 Å². The van der Waals surface area contributed by atoms with Crippen LogP contribution in [0.1, 0.15) is 87.8 Å². The van der Waals surface area contributed by atoms with Crippen LogP contribution in [0.25, 0.3) is 106 Å². The number of hydrogen-bond donors (Lipinski definition) is 1. The number of nitrogen functional groups attached to an aromatic ring is 1. The maximum atomic E-state index is 6.89. The van der Waals surface area contributed by atoms with Gasteiger partial charge in [-0.1, -0.05) is 224 Å². The number of furan rings is 2. The van der Waals surface area contributed by atoms with Gasteiger partial charge in [-0.25, -0.2) is 0 Å². The highest BCUT2D eigenvalue weighted by molar-refractivity contribution is 6.21.